The Morgan fingerprint density at radius 3 is 2.51 bits per heavy atom. The van der Waals surface area contributed by atoms with Crippen molar-refractivity contribution in [1.82, 2.24) is 9.55 Å². The van der Waals surface area contributed by atoms with E-state index in [4.69, 9.17) is 16.0 Å². The van der Waals surface area contributed by atoms with Gasteiger partial charge in [-0.25, -0.2) is 4.98 Å². The zero-order chi connectivity index (χ0) is 26.5. The summed E-state index contributed by atoms with van der Waals surface area (Å²) < 4.78 is 6.37. The van der Waals surface area contributed by atoms with E-state index in [1.54, 1.807) is 18.2 Å². The Bertz CT molecular complexity index is 1520. The number of benzene rings is 2. The van der Waals surface area contributed by atoms with Gasteiger partial charge in [-0.05, 0) is 48.0 Å². The average Bonchev–Trinajstić information content (AvgIpc) is 3.43. The number of oxazole rings is 1. The molecule has 4 rings (SSSR count). The zero-order valence-electron chi connectivity index (χ0n) is 19.0. The summed E-state index contributed by atoms with van der Waals surface area (Å²) in [6, 6.07) is 10.2. The largest absolute Gasteiger partial charge is 0.506 e. The van der Waals surface area contributed by atoms with Crippen molar-refractivity contribution in [1.29, 1.82) is 0 Å². The molecule has 1 unspecified atom stereocenters. The molecule has 12 heteroatoms. The molecule has 0 saturated heterocycles. The van der Waals surface area contributed by atoms with Gasteiger partial charge in [-0.2, -0.15) is 0 Å². The minimum absolute atomic E-state index is 0.0438. The number of nitroso groups, excluding NO2 is 1. The highest BCUT2D eigenvalue weighted by molar-refractivity contribution is 6.31. The van der Waals surface area contributed by atoms with Crippen LogP contribution in [0, 0.1) is 4.91 Å². The average molecular weight is 523 g/mol. The Morgan fingerprint density at radius 2 is 1.86 bits per heavy atom. The van der Waals surface area contributed by atoms with Crippen molar-refractivity contribution in [3.8, 4) is 28.2 Å². The van der Waals surface area contributed by atoms with Gasteiger partial charge in [0.25, 0.3) is 5.56 Å². The summed E-state index contributed by atoms with van der Waals surface area (Å²) in [7, 11) is 0. The number of anilines is 1. The molecule has 2 aromatic carbocycles. The van der Waals surface area contributed by atoms with Crippen LogP contribution < -0.4 is 10.9 Å². The van der Waals surface area contributed by atoms with E-state index >= 15 is 0 Å². The predicted molar refractivity (Wildman–Crippen MR) is 134 cm³/mol. The molecule has 188 valence electrons. The van der Waals surface area contributed by atoms with Crippen LogP contribution in [0.3, 0.4) is 0 Å². The Hall–Kier alpha value is -4.61. The normalized spacial score (nSPS) is 11.6. The Kier molecular flexibility index (Phi) is 7.56. The van der Waals surface area contributed by atoms with Gasteiger partial charge in [-0.1, -0.05) is 11.6 Å². The molecule has 0 aliphatic carbocycles. The van der Waals surface area contributed by atoms with Gasteiger partial charge in [-0.15, -0.1) is 4.91 Å². The molecular formula is C25H19ClN4O7. The van der Waals surface area contributed by atoms with E-state index in [0.717, 1.165) is 16.8 Å². The van der Waals surface area contributed by atoms with Crippen LogP contribution in [0.25, 0.3) is 22.5 Å². The summed E-state index contributed by atoms with van der Waals surface area (Å²) in [5.74, 6) is -1.53. The van der Waals surface area contributed by atoms with Gasteiger partial charge >= 0.3 is 5.91 Å². The Morgan fingerprint density at radius 1 is 1.11 bits per heavy atom. The van der Waals surface area contributed by atoms with E-state index < -0.39 is 30.0 Å². The van der Waals surface area contributed by atoms with E-state index in [0.29, 0.717) is 21.9 Å². The summed E-state index contributed by atoms with van der Waals surface area (Å²) in [6.07, 6.45) is 3.70. The fourth-order valence-corrected chi connectivity index (χ4v) is 3.96. The molecule has 3 N–H and O–H groups in total. The Labute approximate surface area is 213 Å². The molecule has 2 aromatic heterocycles. The summed E-state index contributed by atoms with van der Waals surface area (Å²) in [5.41, 5.74) is 0.798. The van der Waals surface area contributed by atoms with Crippen molar-refractivity contribution in [3.05, 3.63) is 93.2 Å². The Balaban J connectivity index is 1.68. The number of aliphatic hydroxyl groups excluding tert-OH is 1. The molecule has 2 heterocycles. The zero-order valence-corrected chi connectivity index (χ0v) is 19.8. The lowest BCUT2D eigenvalue weighted by molar-refractivity contribution is -0.119. The van der Waals surface area contributed by atoms with E-state index in [-0.39, 0.29) is 29.0 Å². The van der Waals surface area contributed by atoms with Crippen LogP contribution in [0.2, 0.25) is 5.02 Å². The second-order valence-electron chi connectivity index (χ2n) is 7.86. The SMILES string of the molecule is O=NC(=O)c1ccc(NC(=O)C(CCO)n2cc(O)c(-c3cc(Cl)ccc3-c3cnco3)cc2=O)cc1. The van der Waals surface area contributed by atoms with Crippen LogP contribution in [0.5, 0.6) is 5.75 Å². The first-order valence-electron chi connectivity index (χ1n) is 10.9. The van der Waals surface area contributed by atoms with E-state index in [1.165, 1.54) is 36.9 Å². The van der Waals surface area contributed by atoms with E-state index in [1.807, 2.05) is 0 Å². The van der Waals surface area contributed by atoms with E-state index in [2.05, 4.69) is 15.5 Å². The highest BCUT2D eigenvalue weighted by Crippen LogP contribution is 2.38. The number of aromatic hydroxyl groups is 1. The molecule has 0 aliphatic heterocycles. The number of aliphatic hydroxyl groups is 1. The molecule has 0 aliphatic rings. The van der Waals surface area contributed by atoms with Crippen LogP contribution in [-0.4, -0.2) is 38.2 Å². The summed E-state index contributed by atoms with van der Waals surface area (Å²) in [5, 5.41) is 25.7. The maximum absolute atomic E-state index is 13.1. The fraction of sp³-hybridized carbons (Fsp3) is 0.120. The number of carbonyl (C=O) groups is 2. The van der Waals surface area contributed by atoms with Gasteiger partial charge < -0.3 is 19.9 Å². The van der Waals surface area contributed by atoms with Crippen molar-refractivity contribution in [2.24, 2.45) is 5.18 Å². The summed E-state index contributed by atoms with van der Waals surface area (Å²) in [6.45, 7) is -0.421. The maximum atomic E-state index is 13.1. The first-order chi connectivity index (χ1) is 17.8. The molecular weight excluding hydrogens is 504 g/mol. The minimum Gasteiger partial charge on any atom is -0.506 e. The molecule has 0 spiro atoms. The molecule has 1 atom stereocenters. The third-order valence-electron chi connectivity index (χ3n) is 5.55. The number of nitrogens with one attached hydrogen (secondary N) is 1. The molecule has 37 heavy (non-hydrogen) atoms. The van der Waals surface area contributed by atoms with Gasteiger partial charge in [0.1, 0.15) is 11.8 Å². The number of carbonyl (C=O) groups excluding carboxylic acids is 2. The van der Waals surface area contributed by atoms with Crippen LogP contribution in [0.1, 0.15) is 22.8 Å². The minimum atomic E-state index is -1.18. The topological polar surface area (TPSA) is 164 Å². The van der Waals surface area contributed by atoms with Gasteiger partial charge in [0, 0.05) is 51.7 Å². The number of halogens is 1. The van der Waals surface area contributed by atoms with Crippen molar-refractivity contribution >= 4 is 29.1 Å². The number of hydrogen-bond acceptors (Lipinski definition) is 8. The van der Waals surface area contributed by atoms with Crippen LogP contribution in [0.4, 0.5) is 5.69 Å². The number of rotatable bonds is 8. The van der Waals surface area contributed by atoms with Crippen molar-refractivity contribution in [3.63, 3.8) is 0 Å². The predicted octanol–water partition coefficient (Wildman–Crippen LogP) is 4.00. The monoisotopic (exact) mass is 522 g/mol. The fourth-order valence-electron chi connectivity index (χ4n) is 3.79. The number of aromatic nitrogens is 2. The second-order valence-corrected chi connectivity index (χ2v) is 8.30. The van der Waals surface area contributed by atoms with Crippen molar-refractivity contribution < 1.29 is 24.2 Å². The molecule has 0 radical (unpaired) electrons. The lowest BCUT2D eigenvalue weighted by Gasteiger charge is -2.20. The summed E-state index contributed by atoms with van der Waals surface area (Å²) in [4.78, 5) is 51.8. The first-order valence-corrected chi connectivity index (χ1v) is 11.2. The molecule has 11 nitrogen and oxygen atoms in total. The van der Waals surface area contributed by atoms with Gasteiger partial charge in [0.05, 0.1) is 12.4 Å². The number of amides is 2. The second kappa shape index (κ2) is 11.0. The van der Waals surface area contributed by atoms with Crippen LogP contribution in [-0.2, 0) is 4.79 Å². The lowest BCUT2D eigenvalue weighted by atomic mass is 9.98. The van der Waals surface area contributed by atoms with Gasteiger partial charge in [0.15, 0.2) is 12.2 Å². The van der Waals surface area contributed by atoms with Crippen LogP contribution >= 0.6 is 11.6 Å². The number of hydrogen-bond donors (Lipinski definition) is 3. The van der Waals surface area contributed by atoms with E-state index in [9.17, 15) is 29.5 Å². The smallest absolute Gasteiger partial charge is 0.316 e. The van der Waals surface area contributed by atoms with Crippen molar-refractivity contribution in [2.45, 2.75) is 12.5 Å². The van der Waals surface area contributed by atoms with Gasteiger partial charge in [-0.3, -0.25) is 19.0 Å². The molecule has 2 amide bonds. The third-order valence-corrected chi connectivity index (χ3v) is 5.79. The number of pyridine rings is 1. The maximum Gasteiger partial charge on any atom is 0.316 e. The molecule has 0 fully saturated rings. The number of nitrogens with zero attached hydrogens (tertiary/aromatic N) is 3. The van der Waals surface area contributed by atoms with Gasteiger partial charge in [0.2, 0.25) is 5.91 Å². The molecule has 0 saturated carbocycles. The highest BCUT2D eigenvalue weighted by Gasteiger charge is 2.24. The molecule has 0 bridgehead atoms. The first kappa shape index (κ1) is 25.5. The van der Waals surface area contributed by atoms with Crippen molar-refractivity contribution in [2.75, 3.05) is 11.9 Å². The van der Waals surface area contributed by atoms with Crippen LogP contribution in [0.15, 0.2) is 81.7 Å². The highest BCUT2D eigenvalue weighted by atomic mass is 35.5. The quantitative estimate of drug-likeness (QED) is 0.292. The summed E-state index contributed by atoms with van der Waals surface area (Å²) >= 11 is 6.17. The lowest BCUT2D eigenvalue weighted by Crippen LogP contribution is -2.33. The standard InChI is InChI=1S/C25H19ClN4O7/c26-15-3-6-17(22-11-27-13-37-22)18(9-15)19-10-23(33)30(12-21(19)32)20(7-8-31)25(35)28-16-4-1-14(2-5-16)24(34)29-36/h1-6,9-13,20,31-32H,7-8H2,(H,28,35). The molecule has 4 aromatic rings. The third kappa shape index (κ3) is 5.47.